The average Bonchev–Trinajstić information content (AvgIpc) is 2.80. The van der Waals surface area contributed by atoms with E-state index in [2.05, 4.69) is 5.32 Å². The minimum Gasteiger partial charge on any atom is -0.381 e. The molecule has 0 saturated carbocycles. The number of nitrogens with one attached hydrogen (secondary N) is 1. The van der Waals surface area contributed by atoms with Crippen LogP contribution in [0.4, 0.5) is 18.9 Å². The van der Waals surface area contributed by atoms with Crippen LogP contribution in [0.5, 0.6) is 0 Å². The maximum absolute atomic E-state index is 12.8. The summed E-state index contributed by atoms with van der Waals surface area (Å²) in [7, 11) is 0. The second-order valence-corrected chi connectivity index (χ2v) is 5.05. The Bertz CT molecular complexity index is 653. The van der Waals surface area contributed by atoms with Gasteiger partial charge in [0.2, 0.25) is 0 Å². The Hall–Kier alpha value is -2.00. The molecule has 1 aromatic heterocycles. The van der Waals surface area contributed by atoms with Gasteiger partial charge in [-0.2, -0.15) is 29.8 Å². The first-order valence-corrected chi connectivity index (χ1v) is 6.73. The van der Waals surface area contributed by atoms with Gasteiger partial charge >= 0.3 is 6.18 Å². The highest BCUT2D eigenvalue weighted by molar-refractivity contribution is 7.08. The fraction of sp³-hybridized carbons (Fsp3) is 0.214. The molecule has 104 valence electrons. The second kappa shape index (κ2) is 5.55. The summed E-state index contributed by atoms with van der Waals surface area (Å²) in [5.41, 5.74) is 1.23. The van der Waals surface area contributed by atoms with Crippen LogP contribution < -0.4 is 5.32 Å². The largest absolute Gasteiger partial charge is 0.417 e. The monoisotopic (exact) mass is 296 g/mol. The van der Waals surface area contributed by atoms with Crippen LogP contribution in [0.25, 0.3) is 0 Å². The summed E-state index contributed by atoms with van der Waals surface area (Å²) < 4.78 is 38.4. The molecule has 2 nitrogen and oxygen atoms in total. The second-order valence-electron chi connectivity index (χ2n) is 4.30. The fourth-order valence-corrected chi connectivity index (χ4v) is 2.61. The van der Waals surface area contributed by atoms with Crippen LogP contribution in [-0.4, -0.2) is 0 Å². The van der Waals surface area contributed by atoms with Crippen LogP contribution in [0.1, 0.15) is 22.3 Å². The molecule has 6 heteroatoms. The SMILES string of the molecule is Cc1cscc1CNc1ccc(C#N)c(C(F)(F)F)c1. The van der Waals surface area contributed by atoms with Gasteiger partial charge in [0.25, 0.3) is 0 Å². The lowest BCUT2D eigenvalue weighted by Crippen LogP contribution is -2.09. The van der Waals surface area contributed by atoms with Crippen LogP contribution in [0.3, 0.4) is 0 Å². The fourth-order valence-electron chi connectivity index (χ4n) is 1.75. The molecule has 0 bridgehead atoms. The Kier molecular flexibility index (Phi) is 4.00. The number of hydrogen-bond acceptors (Lipinski definition) is 3. The average molecular weight is 296 g/mol. The van der Waals surface area contributed by atoms with E-state index in [-0.39, 0.29) is 5.56 Å². The number of rotatable bonds is 3. The Morgan fingerprint density at radius 2 is 2.05 bits per heavy atom. The number of nitriles is 1. The molecule has 0 aliphatic carbocycles. The summed E-state index contributed by atoms with van der Waals surface area (Å²) >= 11 is 1.55. The quantitative estimate of drug-likeness (QED) is 0.901. The van der Waals surface area contributed by atoms with Crippen molar-refractivity contribution in [3.63, 3.8) is 0 Å². The van der Waals surface area contributed by atoms with Gasteiger partial charge in [-0.25, -0.2) is 0 Å². The van der Waals surface area contributed by atoms with E-state index in [9.17, 15) is 13.2 Å². The van der Waals surface area contributed by atoms with Crippen molar-refractivity contribution in [1.29, 1.82) is 5.26 Å². The molecule has 0 amide bonds. The molecule has 20 heavy (non-hydrogen) atoms. The Balaban J connectivity index is 2.22. The molecule has 0 fully saturated rings. The van der Waals surface area contributed by atoms with Crippen LogP contribution >= 0.6 is 11.3 Å². The molecular formula is C14H11F3N2S. The Labute approximate surface area is 118 Å². The minimum atomic E-state index is -4.53. The van der Waals surface area contributed by atoms with Crippen molar-refractivity contribution in [3.8, 4) is 6.07 Å². The van der Waals surface area contributed by atoms with Crippen molar-refractivity contribution in [1.82, 2.24) is 0 Å². The van der Waals surface area contributed by atoms with E-state index >= 15 is 0 Å². The molecule has 0 atom stereocenters. The van der Waals surface area contributed by atoms with E-state index in [1.165, 1.54) is 12.1 Å². The van der Waals surface area contributed by atoms with Crippen molar-refractivity contribution in [2.45, 2.75) is 19.6 Å². The lowest BCUT2D eigenvalue weighted by molar-refractivity contribution is -0.137. The van der Waals surface area contributed by atoms with Crippen LogP contribution in [0.15, 0.2) is 29.0 Å². The number of halogens is 3. The topological polar surface area (TPSA) is 35.8 Å². The molecular weight excluding hydrogens is 285 g/mol. The van der Waals surface area contributed by atoms with Gasteiger partial charge in [0.05, 0.1) is 17.2 Å². The minimum absolute atomic E-state index is 0.349. The number of hydrogen-bond donors (Lipinski definition) is 1. The third kappa shape index (κ3) is 3.11. The van der Waals surface area contributed by atoms with Crippen LogP contribution in [-0.2, 0) is 12.7 Å². The lowest BCUT2D eigenvalue weighted by Gasteiger charge is -2.12. The zero-order chi connectivity index (χ0) is 14.8. The number of alkyl halides is 3. The summed E-state index contributed by atoms with van der Waals surface area (Å²) in [5, 5.41) is 15.6. The predicted octanol–water partition coefficient (Wildman–Crippen LogP) is 4.56. The van der Waals surface area contributed by atoms with Crippen LogP contribution in [0, 0.1) is 18.3 Å². The van der Waals surface area contributed by atoms with Gasteiger partial charge < -0.3 is 5.32 Å². The van der Waals surface area contributed by atoms with Crippen molar-refractivity contribution in [3.05, 3.63) is 51.2 Å². The van der Waals surface area contributed by atoms with E-state index < -0.39 is 11.7 Å². The smallest absolute Gasteiger partial charge is 0.381 e. The van der Waals surface area contributed by atoms with Gasteiger partial charge in [-0.3, -0.25) is 0 Å². The standard InChI is InChI=1S/C14H11F3N2S/c1-9-7-20-8-11(9)6-19-12-3-2-10(5-18)13(4-12)14(15,16)17/h2-4,7-8,19H,6H2,1H3. The molecule has 0 spiro atoms. The lowest BCUT2D eigenvalue weighted by atomic mass is 10.1. The van der Waals surface area contributed by atoms with E-state index in [4.69, 9.17) is 5.26 Å². The summed E-state index contributed by atoms with van der Waals surface area (Å²) in [6.45, 7) is 2.41. The molecule has 0 aliphatic heterocycles. The summed E-state index contributed by atoms with van der Waals surface area (Å²) in [6, 6.07) is 5.20. The molecule has 1 N–H and O–H groups in total. The van der Waals surface area contributed by atoms with E-state index in [1.807, 2.05) is 17.7 Å². The van der Waals surface area contributed by atoms with Crippen molar-refractivity contribution in [2.24, 2.45) is 0 Å². The third-order valence-electron chi connectivity index (χ3n) is 2.89. The normalized spacial score (nSPS) is 11.2. The Morgan fingerprint density at radius 3 is 2.60 bits per heavy atom. The maximum Gasteiger partial charge on any atom is 0.417 e. The summed E-state index contributed by atoms with van der Waals surface area (Å²) in [6.07, 6.45) is -4.53. The highest BCUT2D eigenvalue weighted by Crippen LogP contribution is 2.33. The van der Waals surface area contributed by atoms with Gasteiger partial charge in [0.1, 0.15) is 0 Å². The van der Waals surface area contributed by atoms with Gasteiger partial charge in [0, 0.05) is 12.2 Å². The van der Waals surface area contributed by atoms with Gasteiger partial charge in [-0.15, -0.1) is 0 Å². The first-order chi connectivity index (χ1) is 9.41. The maximum atomic E-state index is 12.8. The molecule has 0 unspecified atom stereocenters. The molecule has 1 heterocycles. The zero-order valence-corrected chi connectivity index (χ0v) is 11.4. The van der Waals surface area contributed by atoms with Crippen LogP contribution in [0.2, 0.25) is 0 Å². The van der Waals surface area contributed by atoms with E-state index in [1.54, 1.807) is 17.4 Å². The van der Waals surface area contributed by atoms with E-state index in [0.29, 0.717) is 12.2 Å². The molecule has 2 aromatic rings. The number of aryl methyl sites for hydroxylation is 1. The summed E-state index contributed by atoms with van der Waals surface area (Å²) in [5.74, 6) is 0. The number of benzene rings is 1. The first kappa shape index (κ1) is 14.4. The highest BCUT2D eigenvalue weighted by atomic mass is 32.1. The third-order valence-corrected chi connectivity index (χ3v) is 3.80. The molecule has 0 radical (unpaired) electrons. The van der Waals surface area contributed by atoms with Gasteiger partial charge in [0.15, 0.2) is 0 Å². The molecule has 0 aliphatic rings. The van der Waals surface area contributed by atoms with Crippen molar-refractivity contribution < 1.29 is 13.2 Å². The number of nitrogens with zero attached hydrogens (tertiary/aromatic N) is 1. The van der Waals surface area contributed by atoms with Crippen molar-refractivity contribution in [2.75, 3.05) is 5.32 Å². The molecule has 2 rings (SSSR count). The number of thiophene rings is 1. The van der Waals surface area contributed by atoms with Crippen molar-refractivity contribution >= 4 is 17.0 Å². The predicted molar refractivity (Wildman–Crippen MR) is 72.5 cm³/mol. The first-order valence-electron chi connectivity index (χ1n) is 5.78. The highest BCUT2D eigenvalue weighted by Gasteiger charge is 2.33. The molecule has 0 saturated heterocycles. The van der Waals surface area contributed by atoms with Gasteiger partial charge in [-0.1, -0.05) is 0 Å². The van der Waals surface area contributed by atoms with E-state index in [0.717, 1.165) is 17.2 Å². The number of anilines is 1. The van der Waals surface area contributed by atoms with Gasteiger partial charge in [-0.05, 0) is 47.0 Å². The summed E-state index contributed by atoms with van der Waals surface area (Å²) in [4.78, 5) is 0. The zero-order valence-electron chi connectivity index (χ0n) is 10.6. The Morgan fingerprint density at radius 1 is 1.30 bits per heavy atom. The molecule has 1 aromatic carbocycles.